The molecule has 0 fully saturated rings. The molecule has 1 amide bonds. The third-order valence-electron chi connectivity index (χ3n) is 5.30. The van der Waals surface area contributed by atoms with Gasteiger partial charge < -0.3 is 10.3 Å². The molecule has 1 aromatic heterocycles. The second-order valence-electron chi connectivity index (χ2n) is 7.07. The van der Waals surface area contributed by atoms with Crippen molar-refractivity contribution in [2.24, 2.45) is 0 Å². The Balaban J connectivity index is 1.39. The van der Waals surface area contributed by atoms with Crippen molar-refractivity contribution in [1.29, 1.82) is 0 Å². The highest BCUT2D eigenvalue weighted by molar-refractivity contribution is 6.31. The van der Waals surface area contributed by atoms with Crippen molar-refractivity contribution in [2.45, 2.75) is 25.3 Å². The average Bonchev–Trinajstić information content (AvgIpc) is 3.30. The molecule has 3 aromatic rings. The molecule has 0 bridgehead atoms. The lowest BCUT2D eigenvalue weighted by Gasteiger charge is -2.14. The number of hydrogen-bond acceptors (Lipinski definition) is 3. The number of hydrogen-bond donors (Lipinski definition) is 4. The predicted molar refractivity (Wildman–Crippen MR) is 111 cm³/mol. The normalized spacial score (nSPS) is 16.0. The fraction of sp³-hybridized carbons (Fsp3) is 0.227. The number of rotatable bonds is 6. The van der Waals surface area contributed by atoms with E-state index in [2.05, 4.69) is 28.6 Å². The number of aromatic amines is 1. The summed E-state index contributed by atoms with van der Waals surface area (Å²) in [4.78, 5) is 14.4. The number of fused-ring (bicyclic) bond motifs is 2. The summed E-state index contributed by atoms with van der Waals surface area (Å²) in [6, 6.07) is 12.5. The van der Waals surface area contributed by atoms with Crippen molar-refractivity contribution in [3.63, 3.8) is 0 Å². The summed E-state index contributed by atoms with van der Waals surface area (Å²) < 4.78 is 0. The standard InChI is InChI=1S/C22H22ClN3O2/c23-17-4-7-21-19(12-17)16(13-25-21)9-10-24-20-6-3-15-11-14(1-5-18(15)20)2-8-22(27)26-28/h1-2,4-5,7-8,11-13,20,24-25,28H,3,6,9-10H2,(H,26,27)/t20-/m1/s1. The van der Waals surface area contributed by atoms with Crippen LogP contribution in [0.25, 0.3) is 17.0 Å². The predicted octanol–water partition coefficient (Wildman–Crippen LogP) is 4.16. The van der Waals surface area contributed by atoms with Gasteiger partial charge in [-0.1, -0.05) is 29.8 Å². The lowest BCUT2D eigenvalue weighted by atomic mass is 10.0. The van der Waals surface area contributed by atoms with E-state index in [0.717, 1.165) is 41.9 Å². The van der Waals surface area contributed by atoms with Crippen LogP contribution in [0.4, 0.5) is 0 Å². The quantitative estimate of drug-likeness (QED) is 0.287. The van der Waals surface area contributed by atoms with E-state index in [9.17, 15) is 4.79 Å². The molecule has 5 nitrogen and oxygen atoms in total. The minimum atomic E-state index is -0.529. The number of amides is 1. The summed E-state index contributed by atoms with van der Waals surface area (Å²) in [6.45, 7) is 0.891. The lowest BCUT2D eigenvalue weighted by molar-refractivity contribution is -0.124. The van der Waals surface area contributed by atoms with Crippen LogP contribution in [0.15, 0.2) is 48.7 Å². The highest BCUT2D eigenvalue weighted by atomic mass is 35.5. The third-order valence-corrected chi connectivity index (χ3v) is 5.53. The molecule has 6 heteroatoms. The van der Waals surface area contributed by atoms with Gasteiger partial charge in [-0.25, -0.2) is 5.48 Å². The third kappa shape index (κ3) is 3.97. The second-order valence-corrected chi connectivity index (χ2v) is 7.50. The molecule has 4 rings (SSSR count). The first-order valence-electron chi connectivity index (χ1n) is 9.38. The molecule has 0 saturated heterocycles. The first-order chi connectivity index (χ1) is 13.6. The summed E-state index contributed by atoms with van der Waals surface area (Å²) in [6.07, 6.45) is 8.10. The number of benzene rings is 2. The zero-order chi connectivity index (χ0) is 19.5. The highest BCUT2D eigenvalue weighted by Crippen LogP contribution is 2.32. The van der Waals surface area contributed by atoms with E-state index in [0.29, 0.717) is 6.04 Å². The Morgan fingerprint density at radius 3 is 3.04 bits per heavy atom. The number of H-pyrrole nitrogens is 1. The van der Waals surface area contributed by atoms with E-state index >= 15 is 0 Å². The van der Waals surface area contributed by atoms with Gasteiger partial charge in [0.1, 0.15) is 0 Å². The molecule has 0 aliphatic heterocycles. The van der Waals surface area contributed by atoms with Crippen molar-refractivity contribution in [3.05, 3.63) is 75.9 Å². The van der Waals surface area contributed by atoms with E-state index < -0.39 is 5.91 Å². The van der Waals surface area contributed by atoms with Crippen molar-refractivity contribution in [3.8, 4) is 0 Å². The minimum absolute atomic E-state index is 0.350. The first-order valence-corrected chi connectivity index (χ1v) is 9.76. The zero-order valence-corrected chi connectivity index (χ0v) is 16.1. The number of hydroxylamine groups is 1. The number of aryl methyl sites for hydroxylation is 1. The molecule has 144 valence electrons. The number of carbonyl (C=O) groups excluding carboxylic acids is 1. The summed E-state index contributed by atoms with van der Waals surface area (Å²) in [5.74, 6) is -0.529. The summed E-state index contributed by atoms with van der Waals surface area (Å²) >= 11 is 6.13. The molecule has 4 N–H and O–H groups in total. The maximum Gasteiger partial charge on any atom is 0.267 e. The number of aromatic nitrogens is 1. The van der Waals surface area contributed by atoms with E-state index in [-0.39, 0.29) is 0 Å². The van der Waals surface area contributed by atoms with E-state index in [4.69, 9.17) is 16.8 Å². The molecule has 0 unspecified atom stereocenters. The molecule has 1 heterocycles. The van der Waals surface area contributed by atoms with Crippen LogP contribution in [0.2, 0.25) is 5.02 Å². The molecule has 1 aliphatic rings. The van der Waals surface area contributed by atoms with Gasteiger partial charge in [-0.3, -0.25) is 10.0 Å². The van der Waals surface area contributed by atoms with E-state index in [1.165, 1.54) is 28.2 Å². The molecular weight excluding hydrogens is 374 g/mol. The molecule has 1 aliphatic carbocycles. The number of halogens is 1. The Labute approximate surface area is 168 Å². The molecule has 0 spiro atoms. The van der Waals surface area contributed by atoms with Crippen molar-refractivity contribution in [1.82, 2.24) is 15.8 Å². The van der Waals surface area contributed by atoms with E-state index in [1.807, 2.05) is 24.3 Å². The summed E-state index contributed by atoms with van der Waals surface area (Å²) in [7, 11) is 0. The molecule has 28 heavy (non-hydrogen) atoms. The molecule has 0 saturated carbocycles. The Morgan fingerprint density at radius 2 is 2.18 bits per heavy atom. The Hall–Kier alpha value is -2.60. The molecule has 1 atom stereocenters. The van der Waals surface area contributed by atoms with E-state index in [1.54, 1.807) is 11.6 Å². The Kier molecular flexibility index (Phi) is 5.48. The largest absolute Gasteiger partial charge is 0.361 e. The van der Waals surface area contributed by atoms with Gasteiger partial charge in [-0.2, -0.15) is 0 Å². The number of carbonyl (C=O) groups is 1. The number of nitrogens with one attached hydrogen (secondary N) is 3. The lowest BCUT2D eigenvalue weighted by Crippen LogP contribution is -2.21. The average molecular weight is 396 g/mol. The van der Waals surface area contributed by atoms with Gasteiger partial charge in [0, 0.05) is 34.2 Å². The van der Waals surface area contributed by atoms with Crippen LogP contribution >= 0.6 is 11.6 Å². The van der Waals surface area contributed by atoms with Crippen LogP contribution < -0.4 is 10.8 Å². The van der Waals surface area contributed by atoms with Crippen LogP contribution in [0.1, 0.15) is 34.7 Å². The highest BCUT2D eigenvalue weighted by Gasteiger charge is 2.21. The maximum absolute atomic E-state index is 11.1. The molecular formula is C22H22ClN3O2. The fourth-order valence-electron chi connectivity index (χ4n) is 3.90. The van der Waals surface area contributed by atoms with Gasteiger partial charge in [0.25, 0.3) is 5.91 Å². The van der Waals surface area contributed by atoms with Gasteiger partial charge in [0.15, 0.2) is 0 Å². The van der Waals surface area contributed by atoms with Crippen molar-refractivity contribution >= 4 is 34.5 Å². The Morgan fingerprint density at radius 1 is 1.29 bits per heavy atom. The minimum Gasteiger partial charge on any atom is -0.361 e. The van der Waals surface area contributed by atoms with Gasteiger partial charge in [-0.05, 0) is 72.3 Å². The Bertz CT molecular complexity index is 1040. The SMILES string of the molecule is O=C(C=Cc1ccc2c(c1)CC[C@H]2NCCc1c[nH]c2ccc(Cl)cc12)NO. The first kappa shape index (κ1) is 18.7. The van der Waals surface area contributed by atoms with Crippen LogP contribution in [0, 0.1) is 0 Å². The van der Waals surface area contributed by atoms with Crippen molar-refractivity contribution < 1.29 is 10.0 Å². The van der Waals surface area contributed by atoms with Crippen LogP contribution in [-0.4, -0.2) is 22.6 Å². The van der Waals surface area contributed by atoms with Gasteiger partial charge in [0.05, 0.1) is 0 Å². The van der Waals surface area contributed by atoms with Gasteiger partial charge in [-0.15, -0.1) is 0 Å². The van der Waals surface area contributed by atoms with Gasteiger partial charge >= 0.3 is 0 Å². The van der Waals surface area contributed by atoms with Crippen LogP contribution in [-0.2, 0) is 17.6 Å². The molecule has 0 radical (unpaired) electrons. The second kappa shape index (κ2) is 8.19. The van der Waals surface area contributed by atoms with Crippen molar-refractivity contribution in [2.75, 3.05) is 6.54 Å². The molecule has 2 aromatic carbocycles. The fourth-order valence-corrected chi connectivity index (χ4v) is 4.07. The monoisotopic (exact) mass is 395 g/mol. The van der Waals surface area contributed by atoms with Crippen LogP contribution in [0.5, 0.6) is 0 Å². The van der Waals surface area contributed by atoms with Crippen LogP contribution in [0.3, 0.4) is 0 Å². The zero-order valence-electron chi connectivity index (χ0n) is 15.3. The maximum atomic E-state index is 11.1. The summed E-state index contributed by atoms with van der Waals surface area (Å²) in [5, 5.41) is 14.2. The smallest absolute Gasteiger partial charge is 0.267 e. The van der Waals surface area contributed by atoms with Gasteiger partial charge in [0.2, 0.25) is 0 Å². The summed E-state index contributed by atoms with van der Waals surface area (Å²) in [5.41, 5.74) is 7.57. The topological polar surface area (TPSA) is 77.2 Å².